The lowest BCUT2D eigenvalue weighted by Gasteiger charge is -2.56. The first-order chi connectivity index (χ1) is 15.4. The summed E-state index contributed by atoms with van der Waals surface area (Å²) in [4.78, 5) is 25.1. The molecule has 0 atom stereocenters. The Morgan fingerprint density at radius 2 is 1.88 bits per heavy atom. The van der Waals surface area contributed by atoms with E-state index in [-0.39, 0.29) is 23.2 Å². The standard InChI is InChI=1S/C23H31N5O3S/c1-14(2)12-28-20(18-4-3-5-31-18)26-27-22(28)32-13-19(29)24-21(30)25-23-9-15-6-16(10-23)8-17(7-15)11-23/h3-5,14-17H,6-13H2,1-2H3,(H2,24,25,29,30). The topological polar surface area (TPSA) is 102 Å². The molecular formula is C23H31N5O3S. The molecule has 2 aromatic rings. The summed E-state index contributed by atoms with van der Waals surface area (Å²) in [5.41, 5.74) is -0.109. The Morgan fingerprint density at radius 3 is 2.47 bits per heavy atom. The Morgan fingerprint density at radius 1 is 1.19 bits per heavy atom. The fraction of sp³-hybridized carbons (Fsp3) is 0.652. The molecule has 9 heteroatoms. The molecule has 4 fully saturated rings. The molecule has 6 rings (SSSR count). The number of hydrogen-bond acceptors (Lipinski definition) is 6. The highest BCUT2D eigenvalue weighted by molar-refractivity contribution is 7.99. The van der Waals surface area contributed by atoms with Gasteiger partial charge in [0.1, 0.15) is 0 Å². The summed E-state index contributed by atoms with van der Waals surface area (Å²) in [5.74, 6) is 3.66. The van der Waals surface area contributed by atoms with Crippen LogP contribution in [0.5, 0.6) is 0 Å². The maximum Gasteiger partial charge on any atom is 0.321 e. The van der Waals surface area contributed by atoms with Crippen LogP contribution in [0.15, 0.2) is 28.0 Å². The summed E-state index contributed by atoms with van der Waals surface area (Å²) in [7, 11) is 0. The number of nitrogens with zero attached hydrogens (tertiary/aromatic N) is 3. The normalized spacial score (nSPS) is 28.3. The van der Waals surface area contributed by atoms with Gasteiger partial charge in [-0.25, -0.2) is 4.79 Å². The molecule has 0 spiro atoms. The number of carbonyl (C=O) groups excluding carboxylic acids is 2. The molecule has 2 aromatic heterocycles. The minimum Gasteiger partial charge on any atom is -0.461 e. The Balaban J connectivity index is 1.18. The average molecular weight is 458 g/mol. The van der Waals surface area contributed by atoms with Crippen LogP contribution in [0.2, 0.25) is 0 Å². The van der Waals surface area contributed by atoms with Crippen LogP contribution in [0.3, 0.4) is 0 Å². The van der Waals surface area contributed by atoms with Crippen molar-refractivity contribution >= 4 is 23.7 Å². The van der Waals surface area contributed by atoms with Crippen molar-refractivity contribution in [3.63, 3.8) is 0 Å². The largest absolute Gasteiger partial charge is 0.461 e. The second-order valence-corrected chi connectivity index (χ2v) is 11.2. The van der Waals surface area contributed by atoms with E-state index < -0.39 is 0 Å². The van der Waals surface area contributed by atoms with Gasteiger partial charge >= 0.3 is 6.03 Å². The van der Waals surface area contributed by atoms with Gasteiger partial charge in [-0.05, 0) is 74.3 Å². The Kier molecular flexibility index (Phi) is 5.77. The van der Waals surface area contributed by atoms with Crippen molar-refractivity contribution in [2.24, 2.45) is 23.7 Å². The van der Waals surface area contributed by atoms with Gasteiger partial charge in [-0.1, -0.05) is 25.6 Å². The first-order valence-corrected chi connectivity index (χ1v) is 12.6. The molecule has 4 aliphatic rings. The van der Waals surface area contributed by atoms with Crippen LogP contribution in [0.1, 0.15) is 52.4 Å². The third kappa shape index (κ3) is 4.44. The molecule has 3 amide bonds. The predicted octanol–water partition coefficient (Wildman–Crippen LogP) is 4.08. The molecule has 4 bridgehead atoms. The van der Waals surface area contributed by atoms with Crippen LogP contribution in [0, 0.1) is 23.7 Å². The van der Waals surface area contributed by atoms with Crippen LogP contribution >= 0.6 is 11.8 Å². The van der Waals surface area contributed by atoms with Gasteiger partial charge in [0.2, 0.25) is 5.91 Å². The highest BCUT2D eigenvalue weighted by Crippen LogP contribution is 2.55. The number of thioether (sulfide) groups is 1. The summed E-state index contributed by atoms with van der Waals surface area (Å²) >= 11 is 1.28. The molecule has 2 N–H and O–H groups in total. The van der Waals surface area contributed by atoms with Crippen molar-refractivity contribution in [3.8, 4) is 11.6 Å². The molecule has 172 valence electrons. The monoisotopic (exact) mass is 457 g/mol. The Hall–Kier alpha value is -2.29. The van der Waals surface area contributed by atoms with E-state index in [0.29, 0.717) is 29.2 Å². The zero-order chi connectivity index (χ0) is 22.3. The first-order valence-electron chi connectivity index (χ1n) is 11.6. The summed E-state index contributed by atoms with van der Waals surface area (Å²) in [5, 5.41) is 14.9. The second-order valence-electron chi connectivity index (χ2n) is 10.3. The number of nitrogens with one attached hydrogen (secondary N) is 2. The lowest BCUT2D eigenvalue weighted by molar-refractivity contribution is -0.117. The number of furan rings is 1. The molecule has 8 nitrogen and oxygen atoms in total. The van der Waals surface area contributed by atoms with Crippen LogP contribution in [0.25, 0.3) is 11.6 Å². The van der Waals surface area contributed by atoms with Crippen molar-refractivity contribution in [2.75, 3.05) is 5.75 Å². The van der Waals surface area contributed by atoms with E-state index in [0.717, 1.165) is 37.0 Å². The van der Waals surface area contributed by atoms with Crippen molar-refractivity contribution in [1.82, 2.24) is 25.4 Å². The fourth-order valence-electron chi connectivity index (χ4n) is 6.34. The van der Waals surface area contributed by atoms with Gasteiger partial charge in [0.15, 0.2) is 16.7 Å². The van der Waals surface area contributed by atoms with Crippen molar-refractivity contribution in [3.05, 3.63) is 18.4 Å². The van der Waals surface area contributed by atoms with Crippen molar-refractivity contribution in [1.29, 1.82) is 0 Å². The minimum absolute atomic E-state index is 0.0999. The maximum absolute atomic E-state index is 12.6. The summed E-state index contributed by atoms with van der Waals surface area (Å²) in [6, 6.07) is 3.29. The molecule has 4 aliphatic carbocycles. The molecule has 0 aromatic carbocycles. The quantitative estimate of drug-likeness (QED) is 0.608. The zero-order valence-corrected chi connectivity index (χ0v) is 19.5. The molecule has 2 heterocycles. The van der Waals surface area contributed by atoms with Crippen molar-refractivity contribution < 1.29 is 14.0 Å². The number of hydrogen-bond donors (Lipinski definition) is 2. The summed E-state index contributed by atoms with van der Waals surface area (Å²) < 4.78 is 7.45. The Bertz CT molecular complexity index is 949. The van der Waals surface area contributed by atoms with Gasteiger partial charge in [0.25, 0.3) is 0 Å². The van der Waals surface area contributed by atoms with E-state index in [1.807, 2.05) is 16.7 Å². The number of aromatic nitrogens is 3. The molecule has 0 saturated heterocycles. The molecule has 32 heavy (non-hydrogen) atoms. The van der Waals surface area contributed by atoms with Gasteiger partial charge in [-0.2, -0.15) is 0 Å². The van der Waals surface area contributed by atoms with E-state index in [4.69, 9.17) is 4.42 Å². The van der Waals surface area contributed by atoms with Gasteiger partial charge in [-0.15, -0.1) is 10.2 Å². The summed E-state index contributed by atoms with van der Waals surface area (Å²) in [6.45, 7) is 4.93. The third-order valence-corrected chi connectivity index (χ3v) is 7.98. The van der Waals surface area contributed by atoms with Gasteiger partial charge in [-0.3, -0.25) is 14.7 Å². The van der Waals surface area contributed by atoms with Crippen LogP contribution < -0.4 is 10.6 Å². The third-order valence-electron chi connectivity index (χ3n) is 7.01. The van der Waals surface area contributed by atoms with Crippen LogP contribution in [-0.4, -0.2) is 38.0 Å². The van der Waals surface area contributed by atoms with E-state index in [1.54, 1.807) is 6.26 Å². The van der Waals surface area contributed by atoms with Crippen molar-refractivity contribution in [2.45, 2.75) is 69.6 Å². The lowest BCUT2D eigenvalue weighted by Crippen LogP contribution is -2.61. The number of amides is 3. The van der Waals surface area contributed by atoms with E-state index in [2.05, 4.69) is 34.7 Å². The number of urea groups is 1. The minimum atomic E-state index is -0.363. The van der Waals surface area contributed by atoms with Gasteiger partial charge < -0.3 is 9.73 Å². The highest BCUT2D eigenvalue weighted by Gasteiger charge is 2.51. The molecule has 0 aliphatic heterocycles. The fourth-order valence-corrected chi connectivity index (χ4v) is 7.09. The number of carbonyl (C=O) groups is 2. The molecular weight excluding hydrogens is 426 g/mol. The lowest BCUT2D eigenvalue weighted by atomic mass is 9.53. The SMILES string of the molecule is CC(C)Cn1c(SCC(=O)NC(=O)NC23CC4CC(CC(C4)C2)C3)nnc1-c1ccco1. The molecule has 0 unspecified atom stereocenters. The highest BCUT2D eigenvalue weighted by atomic mass is 32.2. The Labute approximate surface area is 192 Å². The second kappa shape index (κ2) is 8.57. The smallest absolute Gasteiger partial charge is 0.321 e. The van der Waals surface area contributed by atoms with E-state index in [1.165, 1.54) is 31.0 Å². The average Bonchev–Trinajstić information content (AvgIpc) is 3.34. The van der Waals surface area contributed by atoms with E-state index >= 15 is 0 Å². The van der Waals surface area contributed by atoms with E-state index in [9.17, 15) is 9.59 Å². The molecule has 0 radical (unpaired) electrons. The number of imide groups is 1. The van der Waals surface area contributed by atoms with Gasteiger partial charge in [0, 0.05) is 12.1 Å². The first kappa shape index (κ1) is 21.6. The van der Waals surface area contributed by atoms with Gasteiger partial charge in [0.05, 0.1) is 12.0 Å². The van der Waals surface area contributed by atoms with Crippen LogP contribution in [0.4, 0.5) is 4.79 Å². The summed E-state index contributed by atoms with van der Waals surface area (Å²) in [6.07, 6.45) is 8.72. The van der Waals surface area contributed by atoms with Crippen LogP contribution in [-0.2, 0) is 11.3 Å². The zero-order valence-electron chi connectivity index (χ0n) is 18.7. The molecule has 4 saturated carbocycles. The number of rotatable bonds is 7. The predicted molar refractivity (Wildman–Crippen MR) is 121 cm³/mol. The maximum atomic E-state index is 12.6.